The van der Waals surface area contributed by atoms with Crippen molar-refractivity contribution >= 4 is 11.7 Å². The molecular formula is C20H24N6O. The molecule has 0 fully saturated rings. The van der Waals surface area contributed by atoms with Gasteiger partial charge in [-0.1, -0.05) is 12.1 Å². The van der Waals surface area contributed by atoms with Gasteiger partial charge in [0, 0.05) is 42.3 Å². The van der Waals surface area contributed by atoms with Crippen LogP contribution in [-0.2, 0) is 6.54 Å². The van der Waals surface area contributed by atoms with Crippen LogP contribution >= 0.6 is 0 Å². The van der Waals surface area contributed by atoms with Crippen LogP contribution in [0.4, 0.5) is 5.82 Å². The number of hydrogen-bond donors (Lipinski definition) is 2. The maximum Gasteiger partial charge on any atom is 0.251 e. The quantitative estimate of drug-likeness (QED) is 0.703. The minimum absolute atomic E-state index is 0.0523. The number of carbonyl (C=O) groups is 1. The van der Waals surface area contributed by atoms with Gasteiger partial charge in [-0.05, 0) is 39.0 Å². The van der Waals surface area contributed by atoms with E-state index in [0.29, 0.717) is 23.6 Å². The molecule has 7 nitrogen and oxygen atoms in total. The summed E-state index contributed by atoms with van der Waals surface area (Å²) in [6, 6.07) is 9.37. The van der Waals surface area contributed by atoms with E-state index in [4.69, 9.17) is 0 Å². The second kappa shape index (κ2) is 7.99. The number of rotatable bonds is 6. The zero-order chi connectivity index (χ0) is 19.4. The Hall–Kier alpha value is -3.22. The Bertz CT molecular complexity index is 949. The number of nitrogens with zero attached hydrogens (tertiary/aromatic N) is 4. The molecule has 1 amide bonds. The number of amides is 1. The van der Waals surface area contributed by atoms with Gasteiger partial charge < -0.3 is 10.6 Å². The average molecular weight is 364 g/mol. The Morgan fingerprint density at radius 1 is 1.19 bits per heavy atom. The first kappa shape index (κ1) is 18.6. The van der Waals surface area contributed by atoms with E-state index in [-0.39, 0.29) is 11.9 Å². The molecule has 27 heavy (non-hydrogen) atoms. The van der Waals surface area contributed by atoms with Crippen LogP contribution in [-0.4, -0.2) is 38.7 Å². The highest BCUT2D eigenvalue weighted by Crippen LogP contribution is 2.24. The summed E-state index contributed by atoms with van der Waals surface area (Å²) in [7, 11) is 1.80. The van der Waals surface area contributed by atoms with Crippen LogP contribution in [0.3, 0.4) is 0 Å². The number of aromatic nitrogens is 4. The number of carbonyl (C=O) groups excluding carboxylic acids is 1. The Morgan fingerprint density at radius 3 is 2.67 bits per heavy atom. The van der Waals surface area contributed by atoms with Gasteiger partial charge in [0.2, 0.25) is 0 Å². The monoisotopic (exact) mass is 364 g/mol. The van der Waals surface area contributed by atoms with Gasteiger partial charge in [0.15, 0.2) is 5.82 Å². The van der Waals surface area contributed by atoms with Crippen LogP contribution in [0.15, 0.2) is 42.7 Å². The first-order chi connectivity index (χ1) is 13.0. The van der Waals surface area contributed by atoms with E-state index in [9.17, 15) is 4.79 Å². The molecule has 7 heteroatoms. The Balaban J connectivity index is 1.74. The first-order valence-corrected chi connectivity index (χ1v) is 8.89. The van der Waals surface area contributed by atoms with E-state index in [2.05, 4.69) is 25.7 Å². The van der Waals surface area contributed by atoms with Crippen molar-refractivity contribution in [2.45, 2.75) is 33.4 Å². The molecule has 0 saturated heterocycles. The number of benzene rings is 1. The topological polar surface area (TPSA) is 84.7 Å². The van der Waals surface area contributed by atoms with Crippen LogP contribution in [0.2, 0.25) is 0 Å². The Kier molecular flexibility index (Phi) is 5.49. The summed E-state index contributed by atoms with van der Waals surface area (Å²) < 4.78 is 1.91. The third-order valence-corrected chi connectivity index (χ3v) is 4.26. The molecule has 2 aromatic heterocycles. The molecule has 0 radical (unpaired) electrons. The lowest BCUT2D eigenvalue weighted by atomic mass is 10.1. The van der Waals surface area contributed by atoms with Gasteiger partial charge >= 0.3 is 0 Å². The molecule has 0 spiro atoms. The van der Waals surface area contributed by atoms with E-state index in [1.54, 1.807) is 25.5 Å². The van der Waals surface area contributed by atoms with E-state index in [1.165, 1.54) is 0 Å². The van der Waals surface area contributed by atoms with Gasteiger partial charge in [-0.2, -0.15) is 5.10 Å². The van der Waals surface area contributed by atoms with Gasteiger partial charge in [0.1, 0.15) is 5.69 Å². The molecule has 0 aliphatic carbocycles. The summed E-state index contributed by atoms with van der Waals surface area (Å²) >= 11 is 0. The van der Waals surface area contributed by atoms with Crippen molar-refractivity contribution in [3.63, 3.8) is 0 Å². The lowest BCUT2D eigenvalue weighted by Gasteiger charge is -2.15. The van der Waals surface area contributed by atoms with Crippen molar-refractivity contribution < 1.29 is 4.79 Å². The van der Waals surface area contributed by atoms with Gasteiger partial charge in [-0.3, -0.25) is 14.5 Å². The summed E-state index contributed by atoms with van der Waals surface area (Å²) in [5.41, 5.74) is 4.19. The molecule has 0 unspecified atom stereocenters. The Labute approximate surface area is 158 Å². The highest BCUT2D eigenvalue weighted by atomic mass is 16.1. The van der Waals surface area contributed by atoms with E-state index in [0.717, 1.165) is 17.0 Å². The molecule has 0 bridgehead atoms. The van der Waals surface area contributed by atoms with Crippen molar-refractivity contribution in [3.8, 4) is 11.3 Å². The molecule has 0 aliphatic rings. The van der Waals surface area contributed by atoms with E-state index in [1.807, 2.05) is 49.7 Å². The van der Waals surface area contributed by atoms with Crippen molar-refractivity contribution in [1.82, 2.24) is 25.1 Å². The summed E-state index contributed by atoms with van der Waals surface area (Å²) in [4.78, 5) is 21.3. The van der Waals surface area contributed by atoms with Crippen LogP contribution in [0, 0.1) is 13.8 Å². The van der Waals surface area contributed by atoms with E-state index < -0.39 is 0 Å². The fourth-order valence-electron chi connectivity index (χ4n) is 3.01. The average Bonchev–Trinajstić information content (AvgIpc) is 2.98. The predicted octanol–water partition coefficient (Wildman–Crippen LogP) is 2.82. The Morgan fingerprint density at radius 2 is 1.96 bits per heavy atom. The molecule has 3 rings (SSSR count). The third-order valence-electron chi connectivity index (χ3n) is 4.26. The minimum atomic E-state index is -0.124. The first-order valence-electron chi connectivity index (χ1n) is 8.89. The van der Waals surface area contributed by atoms with Crippen LogP contribution in [0.5, 0.6) is 0 Å². The molecular weight excluding hydrogens is 340 g/mol. The second-order valence-electron chi connectivity index (χ2n) is 6.57. The molecule has 3 aromatic rings. The molecule has 0 aliphatic heterocycles. The van der Waals surface area contributed by atoms with Crippen molar-refractivity contribution in [2.24, 2.45) is 0 Å². The predicted molar refractivity (Wildman–Crippen MR) is 106 cm³/mol. The third kappa shape index (κ3) is 4.31. The normalized spacial score (nSPS) is 11.9. The van der Waals surface area contributed by atoms with Gasteiger partial charge in [-0.15, -0.1) is 0 Å². The summed E-state index contributed by atoms with van der Waals surface area (Å²) in [6.07, 6.45) is 3.27. The van der Waals surface area contributed by atoms with Crippen molar-refractivity contribution in [2.75, 3.05) is 12.4 Å². The number of anilines is 1. The number of aryl methyl sites for hydroxylation is 2. The fourth-order valence-corrected chi connectivity index (χ4v) is 3.01. The standard InChI is InChI=1S/C20H24N6O/c1-13-10-15(3)26(25-13)12-14(2)24-20(27)17-7-5-6-16(11-17)18-19(21-4)23-9-8-22-18/h5-11,14H,12H2,1-4H3,(H,21,23)(H,24,27)/t14-/m1/s1. The van der Waals surface area contributed by atoms with Crippen molar-refractivity contribution in [1.29, 1.82) is 0 Å². The smallest absolute Gasteiger partial charge is 0.251 e. The molecule has 2 heterocycles. The van der Waals surface area contributed by atoms with Crippen molar-refractivity contribution in [3.05, 3.63) is 59.7 Å². The number of nitrogens with one attached hydrogen (secondary N) is 2. The highest BCUT2D eigenvalue weighted by molar-refractivity contribution is 5.95. The molecule has 140 valence electrons. The van der Waals surface area contributed by atoms with Gasteiger partial charge in [0.05, 0.1) is 12.2 Å². The van der Waals surface area contributed by atoms with Crippen LogP contribution in [0.1, 0.15) is 28.7 Å². The fraction of sp³-hybridized carbons (Fsp3) is 0.300. The lowest BCUT2D eigenvalue weighted by Crippen LogP contribution is -2.36. The molecule has 2 N–H and O–H groups in total. The maximum absolute atomic E-state index is 12.7. The summed E-state index contributed by atoms with van der Waals surface area (Å²) in [6.45, 7) is 6.57. The van der Waals surface area contributed by atoms with Crippen LogP contribution in [0.25, 0.3) is 11.3 Å². The lowest BCUT2D eigenvalue weighted by molar-refractivity contribution is 0.0936. The minimum Gasteiger partial charge on any atom is -0.371 e. The maximum atomic E-state index is 12.7. The highest BCUT2D eigenvalue weighted by Gasteiger charge is 2.14. The molecule has 1 aromatic carbocycles. The zero-order valence-corrected chi connectivity index (χ0v) is 16.0. The summed E-state index contributed by atoms with van der Waals surface area (Å²) in [5, 5.41) is 10.5. The number of hydrogen-bond acceptors (Lipinski definition) is 5. The summed E-state index contributed by atoms with van der Waals surface area (Å²) in [5.74, 6) is 0.550. The van der Waals surface area contributed by atoms with Gasteiger partial charge in [0.25, 0.3) is 5.91 Å². The van der Waals surface area contributed by atoms with E-state index >= 15 is 0 Å². The largest absolute Gasteiger partial charge is 0.371 e. The van der Waals surface area contributed by atoms with Gasteiger partial charge in [-0.25, -0.2) is 4.98 Å². The molecule has 1 atom stereocenters. The molecule has 0 saturated carbocycles. The second-order valence-corrected chi connectivity index (χ2v) is 6.57. The SMILES string of the molecule is CNc1nccnc1-c1cccc(C(=O)N[C@H](C)Cn2nc(C)cc2C)c1. The van der Waals surface area contributed by atoms with Crippen LogP contribution < -0.4 is 10.6 Å². The zero-order valence-electron chi connectivity index (χ0n) is 16.0.